The number of nitrogens with one attached hydrogen (secondary N) is 1. The normalized spacial score (nSPS) is 12.4. The van der Waals surface area contributed by atoms with Gasteiger partial charge in [0.05, 0.1) is 16.5 Å². The molecule has 2 rings (SSSR count). The maximum atomic E-state index is 13.2. The van der Waals surface area contributed by atoms with Gasteiger partial charge in [0.2, 0.25) is 11.8 Å². The third-order valence-electron chi connectivity index (χ3n) is 4.36. The number of hydrogen-bond donors (Lipinski definition) is 1. The molecule has 0 heterocycles. The molecule has 1 atom stereocenters. The van der Waals surface area contributed by atoms with Gasteiger partial charge < -0.3 is 10.2 Å². The summed E-state index contributed by atoms with van der Waals surface area (Å²) in [5.41, 5.74) is 0.965. The number of carbonyl (C=O) groups is 2. The maximum absolute atomic E-state index is 13.2. The molecule has 0 radical (unpaired) electrons. The monoisotopic (exact) mass is 488 g/mol. The summed E-state index contributed by atoms with van der Waals surface area (Å²) >= 11 is 24.3. The van der Waals surface area contributed by atoms with Gasteiger partial charge in [-0.3, -0.25) is 9.59 Å². The van der Waals surface area contributed by atoms with Gasteiger partial charge in [0.15, 0.2) is 0 Å². The van der Waals surface area contributed by atoms with Crippen molar-refractivity contribution in [2.45, 2.75) is 52.2 Å². The predicted octanol–water partition coefficient (Wildman–Crippen LogP) is 6.17. The highest BCUT2D eigenvalue weighted by Gasteiger charge is 2.28. The van der Waals surface area contributed by atoms with Crippen LogP contribution in [0.25, 0.3) is 0 Å². The second kappa shape index (κ2) is 10.2. The van der Waals surface area contributed by atoms with Crippen LogP contribution < -0.4 is 5.32 Å². The number of benzene rings is 2. The Morgan fingerprint density at radius 3 is 2.20 bits per heavy atom. The predicted molar refractivity (Wildman–Crippen MR) is 125 cm³/mol. The highest BCUT2D eigenvalue weighted by atomic mass is 35.5. The summed E-state index contributed by atoms with van der Waals surface area (Å²) < 4.78 is 0. The average molecular weight is 490 g/mol. The largest absolute Gasteiger partial charge is 0.350 e. The minimum absolute atomic E-state index is 0.0322. The lowest BCUT2D eigenvalue weighted by atomic mass is 10.1. The van der Waals surface area contributed by atoms with Gasteiger partial charge in [-0.1, -0.05) is 58.5 Å². The molecule has 0 aliphatic heterocycles. The van der Waals surface area contributed by atoms with E-state index >= 15 is 0 Å². The molecule has 0 aromatic heterocycles. The number of hydrogen-bond acceptors (Lipinski definition) is 2. The highest BCUT2D eigenvalue weighted by Crippen LogP contribution is 2.25. The molecule has 1 N–H and O–H groups in total. The lowest BCUT2D eigenvalue weighted by molar-refractivity contribution is -0.140. The molecular weight excluding hydrogens is 466 g/mol. The van der Waals surface area contributed by atoms with Crippen molar-refractivity contribution in [2.75, 3.05) is 0 Å². The topological polar surface area (TPSA) is 49.4 Å². The third kappa shape index (κ3) is 7.05. The molecular formula is C22H24Cl4N2O2. The standard InChI is InChI=1S/C22H24Cl4N2O2/c1-13(21(30)27-22(2,3)4)28(12-14-5-8-17(24)19(26)9-14)20(29)10-15-6-7-16(23)11-18(15)25/h5-9,11,13H,10,12H2,1-4H3,(H,27,30). The fourth-order valence-electron chi connectivity index (χ4n) is 2.82. The van der Waals surface area contributed by atoms with E-state index in [4.69, 9.17) is 46.4 Å². The molecule has 2 aromatic carbocycles. The SMILES string of the molecule is CC(C(=O)NC(C)(C)C)N(Cc1ccc(Cl)c(Cl)c1)C(=O)Cc1ccc(Cl)cc1Cl. The Morgan fingerprint density at radius 2 is 1.63 bits per heavy atom. The van der Waals surface area contributed by atoms with Crippen molar-refractivity contribution in [1.29, 1.82) is 0 Å². The van der Waals surface area contributed by atoms with Crippen LogP contribution in [-0.2, 0) is 22.6 Å². The fourth-order valence-corrected chi connectivity index (χ4v) is 3.62. The van der Waals surface area contributed by atoms with Crippen LogP contribution >= 0.6 is 46.4 Å². The Bertz CT molecular complexity index is 941. The smallest absolute Gasteiger partial charge is 0.242 e. The first-order chi connectivity index (χ1) is 13.9. The van der Waals surface area contributed by atoms with Gasteiger partial charge in [0.25, 0.3) is 0 Å². The van der Waals surface area contributed by atoms with E-state index in [1.165, 1.54) is 4.90 Å². The molecule has 30 heavy (non-hydrogen) atoms. The van der Waals surface area contributed by atoms with E-state index in [9.17, 15) is 9.59 Å². The van der Waals surface area contributed by atoms with E-state index in [0.29, 0.717) is 25.7 Å². The Morgan fingerprint density at radius 1 is 0.967 bits per heavy atom. The summed E-state index contributed by atoms with van der Waals surface area (Å²) in [6, 6.07) is 9.39. The lowest BCUT2D eigenvalue weighted by Gasteiger charge is -2.31. The van der Waals surface area contributed by atoms with Crippen LogP contribution in [0.1, 0.15) is 38.8 Å². The first-order valence-corrected chi connectivity index (χ1v) is 10.9. The number of halogens is 4. The number of carbonyl (C=O) groups excluding carboxylic acids is 2. The molecule has 0 aliphatic carbocycles. The van der Waals surface area contributed by atoms with Crippen LogP contribution in [0.3, 0.4) is 0 Å². The Hall–Kier alpha value is -1.46. The molecule has 0 fully saturated rings. The summed E-state index contributed by atoms with van der Waals surface area (Å²) in [5.74, 6) is -0.500. The fraction of sp³-hybridized carbons (Fsp3) is 0.364. The number of nitrogens with zero attached hydrogens (tertiary/aromatic N) is 1. The zero-order chi connectivity index (χ0) is 22.6. The Labute approximate surface area is 197 Å². The molecule has 0 aliphatic rings. The van der Waals surface area contributed by atoms with Crippen LogP contribution in [-0.4, -0.2) is 28.3 Å². The molecule has 0 bridgehead atoms. The average Bonchev–Trinajstić information content (AvgIpc) is 2.62. The second-order valence-corrected chi connectivity index (χ2v) is 9.76. The first kappa shape index (κ1) is 24.8. The van der Waals surface area contributed by atoms with Crippen molar-refractivity contribution in [3.63, 3.8) is 0 Å². The number of rotatable bonds is 6. The summed E-state index contributed by atoms with van der Waals surface area (Å²) in [5, 5.41) is 4.61. The van der Waals surface area contributed by atoms with Crippen LogP contribution in [0.2, 0.25) is 20.1 Å². The van der Waals surface area contributed by atoms with Crippen molar-refractivity contribution in [2.24, 2.45) is 0 Å². The quantitative estimate of drug-likeness (QED) is 0.527. The molecule has 2 aromatic rings. The zero-order valence-electron chi connectivity index (χ0n) is 17.2. The van der Waals surface area contributed by atoms with Gasteiger partial charge in [-0.25, -0.2) is 0 Å². The van der Waals surface area contributed by atoms with Crippen LogP contribution in [0.5, 0.6) is 0 Å². The lowest BCUT2D eigenvalue weighted by Crippen LogP contribution is -2.52. The first-order valence-electron chi connectivity index (χ1n) is 9.36. The van der Waals surface area contributed by atoms with Gasteiger partial charge in [-0.15, -0.1) is 0 Å². The molecule has 162 valence electrons. The van der Waals surface area contributed by atoms with Crippen LogP contribution in [0, 0.1) is 0 Å². The van der Waals surface area contributed by atoms with Crippen molar-refractivity contribution >= 4 is 58.2 Å². The van der Waals surface area contributed by atoms with E-state index in [1.807, 2.05) is 20.8 Å². The van der Waals surface area contributed by atoms with Gasteiger partial charge in [-0.05, 0) is 63.1 Å². The summed E-state index contributed by atoms with van der Waals surface area (Å²) in [7, 11) is 0. The van der Waals surface area contributed by atoms with Gasteiger partial charge in [0, 0.05) is 22.1 Å². The summed E-state index contributed by atoms with van der Waals surface area (Å²) in [6.45, 7) is 7.54. The van der Waals surface area contributed by atoms with Crippen molar-refractivity contribution < 1.29 is 9.59 Å². The van der Waals surface area contributed by atoms with E-state index in [2.05, 4.69) is 5.32 Å². The van der Waals surface area contributed by atoms with Crippen LogP contribution in [0.4, 0.5) is 0 Å². The molecule has 8 heteroatoms. The zero-order valence-corrected chi connectivity index (χ0v) is 20.3. The molecule has 4 nitrogen and oxygen atoms in total. The molecule has 0 saturated heterocycles. The van der Waals surface area contributed by atoms with E-state index in [-0.39, 0.29) is 24.8 Å². The second-order valence-electron chi connectivity index (χ2n) is 8.10. The molecule has 2 amide bonds. The third-order valence-corrected chi connectivity index (χ3v) is 5.69. The van der Waals surface area contributed by atoms with Gasteiger partial charge in [-0.2, -0.15) is 0 Å². The Kier molecular flexibility index (Phi) is 8.46. The van der Waals surface area contributed by atoms with Crippen LogP contribution in [0.15, 0.2) is 36.4 Å². The molecule has 1 unspecified atom stereocenters. The molecule has 0 spiro atoms. The summed E-state index contributed by atoms with van der Waals surface area (Å²) in [4.78, 5) is 27.5. The highest BCUT2D eigenvalue weighted by molar-refractivity contribution is 6.42. The maximum Gasteiger partial charge on any atom is 0.242 e. The van der Waals surface area contributed by atoms with E-state index < -0.39 is 11.6 Å². The number of amides is 2. The summed E-state index contributed by atoms with van der Waals surface area (Å²) in [6.07, 6.45) is 0.0322. The van der Waals surface area contributed by atoms with E-state index in [1.54, 1.807) is 43.3 Å². The Balaban J connectivity index is 2.32. The minimum Gasteiger partial charge on any atom is -0.350 e. The van der Waals surface area contributed by atoms with E-state index in [0.717, 1.165) is 5.56 Å². The van der Waals surface area contributed by atoms with Crippen molar-refractivity contribution in [3.05, 3.63) is 67.6 Å². The minimum atomic E-state index is -0.711. The van der Waals surface area contributed by atoms with Gasteiger partial charge >= 0.3 is 0 Å². The van der Waals surface area contributed by atoms with Crippen molar-refractivity contribution in [3.8, 4) is 0 Å². The van der Waals surface area contributed by atoms with Crippen molar-refractivity contribution in [1.82, 2.24) is 10.2 Å². The van der Waals surface area contributed by atoms with Gasteiger partial charge in [0.1, 0.15) is 6.04 Å². The molecule has 0 saturated carbocycles.